The number of nitrogens with zero attached hydrogens (tertiary/aromatic N) is 2. The lowest BCUT2D eigenvalue weighted by Crippen LogP contribution is -2.11. The molecule has 0 atom stereocenters. The number of carbonyl (C=O) groups excluding carboxylic acids is 1. The fourth-order valence-electron chi connectivity index (χ4n) is 3.09. The van der Waals surface area contributed by atoms with Crippen LogP contribution in [-0.2, 0) is 0 Å². The Bertz CT molecular complexity index is 1110. The molecule has 3 aromatic carbocycles. The van der Waals surface area contributed by atoms with Crippen molar-refractivity contribution in [3.8, 4) is 17.1 Å². The monoisotopic (exact) mass is 404 g/mol. The largest absolute Gasteiger partial charge is 0.288 e. The quantitative estimate of drug-likeness (QED) is 0.295. The first-order chi connectivity index (χ1) is 13.7. The Morgan fingerprint density at radius 1 is 0.893 bits per heavy atom. The number of rotatable bonds is 5. The second kappa shape index (κ2) is 8.05. The van der Waals surface area contributed by atoms with Crippen molar-refractivity contribution in [2.75, 3.05) is 6.26 Å². The van der Waals surface area contributed by atoms with Crippen LogP contribution >= 0.6 is 23.4 Å². The fourth-order valence-corrected chi connectivity index (χ4v) is 3.77. The molecule has 1 heterocycles. The average Bonchev–Trinajstić information content (AvgIpc) is 3.15. The maximum Gasteiger partial charge on any atom is 0.212 e. The van der Waals surface area contributed by atoms with Gasteiger partial charge < -0.3 is 0 Å². The molecule has 0 spiro atoms. The van der Waals surface area contributed by atoms with Gasteiger partial charge in [0.2, 0.25) is 5.78 Å². The Hall–Kier alpha value is -2.82. The summed E-state index contributed by atoms with van der Waals surface area (Å²) >= 11 is 7.47. The highest BCUT2D eigenvalue weighted by atomic mass is 35.5. The van der Waals surface area contributed by atoms with Crippen LogP contribution in [-0.4, -0.2) is 21.6 Å². The van der Waals surface area contributed by atoms with Crippen molar-refractivity contribution in [2.45, 2.75) is 5.03 Å². The van der Waals surface area contributed by atoms with E-state index >= 15 is 0 Å². The van der Waals surface area contributed by atoms with Gasteiger partial charge >= 0.3 is 0 Å². The average molecular weight is 405 g/mol. The summed E-state index contributed by atoms with van der Waals surface area (Å²) in [6, 6.07) is 26.7. The number of carbonyl (C=O) groups is 1. The molecule has 3 nitrogen and oxygen atoms in total. The zero-order chi connectivity index (χ0) is 19.5. The molecule has 0 amide bonds. The molecule has 0 radical (unpaired) electrons. The SMILES string of the molecule is CSc1nc(-c2ccccc2)n(-c2ccccc2)c1C(=O)c1ccc(Cl)cc1. The van der Waals surface area contributed by atoms with E-state index in [4.69, 9.17) is 16.6 Å². The zero-order valence-electron chi connectivity index (χ0n) is 15.2. The lowest BCUT2D eigenvalue weighted by Gasteiger charge is -2.12. The smallest absolute Gasteiger partial charge is 0.212 e. The second-order valence-corrected chi connectivity index (χ2v) is 7.40. The molecule has 0 bridgehead atoms. The van der Waals surface area contributed by atoms with E-state index in [9.17, 15) is 4.79 Å². The van der Waals surface area contributed by atoms with E-state index in [0.717, 1.165) is 17.1 Å². The lowest BCUT2D eigenvalue weighted by molar-refractivity contribution is 0.102. The predicted octanol–water partition coefficient (Wildman–Crippen LogP) is 6.15. The van der Waals surface area contributed by atoms with Crippen LogP contribution in [0, 0.1) is 0 Å². The van der Waals surface area contributed by atoms with Gasteiger partial charge in [0.05, 0.1) is 0 Å². The van der Waals surface area contributed by atoms with Gasteiger partial charge in [-0.3, -0.25) is 9.36 Å². The van der Waals surface area contributed by atoms with Crippen LogP contribution < -0.4 is 0 Å². The number of para-hydroxylation sites is 1. The van der Waals surface area contributed by atoms with Crippen molar-refractivity contribution in [3.63, 3.8) is 0 Å². The van der Waals surface area contributed by atoms with E-state index < -0.39 is 0 Å². The van der Waals surface area contributed by atoms with Crippen molar-refractivity contribution in [1.29, 1.82) is 0 Å². The molecule has 138 valence electrons. The van der Waals surface area contributed by atoms with Crippen molar-refractivity contribution in [1.82, 2.24) is 9.55 Å². The lowest BCUT2D eigenvalue weighted by atomic mass is 10.1. The molecule has 4 rings (SSSR count). The highest BCUT2D eigenvalue weighted by Crippen LogP contribution is 2.32. The van der Waals surface area contributed by atoms with Crippen molar-refractivity contribution in [3.05, 3.63) is 101 Å². The van der Waals surface area contributed by atoms with E-state index in [2.05, 4.69) is 0 Å². The maximum absolute atomic E-state index is 13.5. The van der Waals surface area contributed by atoms with Gasteiger partial charge in [0.1, 0.15) is 16.5 Å². The van der Waals surface area contributed by atoms with E-state index in [1.807, 2.05) is 71.5 Å². The van der Waals surface area contributed by atoms with E-state index in [1.54, 1.807) is 24.3 Å². The molecule has 0 aliphatic heterocycles. The Kier molecular flexibility index (Phi) is 5.33. The number of hydrogen-bond donors (Lipinski definition) is 0. The molecule has 4 aromatic rings. The maximum atomic E-state index is 13.5. The Morgan fingerprint density at radius 2 is 1.50 bits per heavy atom. The van der Waals surface area contributed by atoms with Gasteiger partial charge in [-0.05, 0) is 42.7 Å². The number of thioether (sulfide) groups is 1. The van der Waals surface area contributed by atoms with Crippen molar-refractivity contribution < 1.29 is 4.79 Å². The summed E-state index contributed by atoms with van der Waals surface area (Å²) in [6.45, 7) is 0. The highest BCUT2D eigenvalue weighted by Gasteiger charge is 2.25. The number of hydrogen-bond acceptors (Lipinski definition) is 3. The minimum absolute atomic E-state index is 0.0837. The summed E-state index contributed by atoms with van der Waals surface area (Å²) in [7, 11) is 0. The number of aromatic nitrogens is 2. The van der Waals surface area contributed by atoms with Crippen LogP contribution in [0.3, 0.4) is 0 Å². The third-order valence-corrected chi connectivity index (χ3v) is 5.33. The van der Waals surface area contributed by atoms with E-state index in [-0.39, 0.29) is 5.78 Å². The Labute approximate surface area is 173 Å². The molecular weight excluding hydrogens is 388 g/mol. The molecule has 0 saturated heterocycles. The van der Waals surface area contributed by atoms with E-state index in [0.29, 0.717) is 21.3 Å². The summed E-state index contributed by atoms with van der Waals surface area (Å²) < 4.78 is 1.94. The number of benzene rings is 3. The van der Waals surface area contributed by atoms with Crippen molar-refractivity contribution >= 4 is 29.1 Å². The molecular formula is C23H17ClN2OS. The van der Waals surface area contributed by atoms with Gasteiger partial charge in [0.25, 0.3) is 0 Å². The van der Waals surface area contributed by atoms with Crippen LogP contribution in [0.25, 0.3) is 17.1 Å². The van der Waals surface area contributed by atoms with Gasteiger partial charge in [-0.25, -0.2) is 4.98 Å². The van der Waals surface area contributed by atoms with Crippen LogP contribution in [0.5, 0.6) is 0 Å². The third kappa shape index (κ3) is 3.49. The van der Waals surface area contributed by atoms with Gasteiger partial charge in [0.15, 0.2) is 0 Å². The molecule has 28 heavy (non-hydrogen) atoms. The second-order valence-electron chi connectivity index (χ2n) is 6.17. The Balaban J connectivity index is 1.98. The molecule has 0 aliphatic carbocycles. The summed E-state index contributed by atoms with van der Waals surface area (Å²) in [4.78, 5) is 18.3. The topological polar surface area (TPSA) is 34.9 Å². The molecule has 0 saturated carbocycles. The summed E-state index contributed by atoms with van der Waals surface area (Å²) in [6.07, 6.45) is 1.94. The van der Waals surface area contributed by atoms with Gasteiger partial charge in [-0.2, -0.15) is 0 Å². The van der Waals surface area contributed by atoms with Gasteiger partial charge in [-0.15, -0.1) is 11.8 Å². The molecule has 0 unspecified atom stereocenters. The van der Waals surface area contributed by atoms with E-state index in [1.165, 1.54) is 11.8 Å². The standard InChI is InChI=1S/C23H17ClN2OS/c1-28-23-20(21(27)16-12-14-18(24)15-13-16)26(19-10-6-3-7-11-19)22(25-23)17-8-4-2-5-9-17/h2-15H,1H3. The third-order valence-electron chi connectivity index (χ3n) is 4.41. The summed E-state index contributed by atoms with van der Waals surface area (Å²) in [5.41, 5.74) is 2.99. The molecule has 0 fully saturated rings. The summed E-state index contributed by atoms with van der Waals surface area (Å²) in [5.74, 6) is 0.660. The number of ketones is 1. The molecule has 5 heteroatoms. The van der Waals surface area contributed by atoms with Gasteiger partial charge in [0, 0.05) is 21.8 Å². The normalized spacial score (nSPS) is 10.8. The first-order valence-electron chi connectivity index (χ1n) is 8.77. The van der Waals surface area contributed by atoms with Gasteiger partial charge in [-0.1, -0.05) is 60.1 Å². The molecule has 0 N–H and O–H groups in total. The fraction of sp³-hybridized carbons (Fsp3) is 0.0435. The minimum atomic E-state index is -0.0837. The highest BCUT2D eigenvalue weighted by molar-refractivity contribution is 7.98. The number of halogens is 1. The van der Waals surface area contributed by atoms with Crippen LogP contribution in [0.15, 0.2) is 90.0 Å². The first kappa shape index (κ1) is 18.5. The number of imidazole rings is 1. The van der Waals surface area contributed by atoms with Crippen LogP contribution in [0.4, 0.5) is 0 Å². The van der Waals surface area contributed by atoms with Crippen molar-refractivity contribution in [2.24, 2.45) is 0 Å². The predicted molar refractivity (Wildman–Crippen MR) is 116 cm³/mol. The van der Waals surface area contributed by atoms with Crippen LogP contribution in [0.1, 0.15) is 16.1 Å². The summed E-state index contributed by atoms with van der Waals surface area (Å²) in [5, 5.41) is 1.30. The first-order valence-corrected chi connectivity index (χ1v) is 10.4. The Morgan fingerprint density at radius 3 is 2.11 bits per heavy atom. The minimum Gasteiger partial charge on any atom is -0.288 e. The molecule has 0 aliphatic rings. The van der Waals surface area contributed by atoms with Crippen LogP contribution in [0.2, 0.25) is 5.02 Å². The molecule has 1 aromatic heterocycles. The zero-order valence-corrected chi connectivity index (χ0v) is 16.7.